The Labute approximate surface area is 159 Å². The number of benzene rings is 2. The van der Waals surface area contributed by atoms with Crippen LogP contribution in [0.4, 0.5) is 0 Å². The average Bonchev–Trinajstić information content (AvgIpc) is 2.59. The van der Waals surface area contributed by atoms with Crippen molar-refractivity contribution in [2.75, 3.05) is 13.7 Å². The standard InChI is InChI=1S/C19H24BrNO3S/c1-15(2)12-13-21(14-16-8-10-17(24-3)11-9-16)25(22,23)19-7-5-4-6-18(19)20/h4-11,15H,12-14H2,1-3H3. The quantitative estimate of drug-likeness (QED) is 0.615. The number of hydrogen-bond acceptors (Lipinski definition) is 3. The number of halogens is 1. The Morgan fingerprint density at radius 3 is 2.28 bits per heavy atom. The Balaban J connectivity index is 2.32. The first-order chi connectivity index (χ1) is 11.8. The fourth-order valence-electron chi connectivity index (χ4n) is 2.41. The van der Waals surface area contributed by atoms with E-state index < -0.39 is 10.0 Å². The van der Waals surface area contributed by atoms with Crippen LogP contribution in [0.15, 0.2) is 57.9 Å². The van der Waals surface area contributed by atoms with Crippen LogP contribution < -0.4 is 4.74 Å². The molecule has 0 saturated heterocycles. The lowest BCUT2D eigenvalue weighted by molar-refractivity contribution is 0.374. The Morgan fingerprint density at radius 1 is 1.08 bits per heavy atom. The van der Waals surface area contributed by atoms with Crippen molar-refractivity contribution in [2.45, 2.75) is 31.7 Å². The molecule has 0 amide bonds. The molecule has 0 heterocycles. The van der Waals surface area contributed by atoms with Crippen LogP contribution in [0, 0.1) is 5.92 Å². The highest BCUT2D eigenvalue weighted by Crippen LogP contribution is 2.26. The monoisotopic (exact) mass is 425 g/mol. The number of ether oxygens (including phenoxy) is 1. The first-order valence-electron chi connectivity index (χ1n) is 8.22. The maximum Gasteiger partial charge on any atom is 0.244 e. The minimum absolute atomic E-state index is 0.298. The minimum atomic E-state index is -3.59. The van der Waals surface area contributed by atoms with Crippen molar-refractivity contribution in [3.8, 4) is 5.75 Å². The zero-order valence-corrected chi connectivity index (χ0v) is 17.2. The van der Waals surface area contributed by atoms with Crippen LogP contribution >= 0.6 is 15.9 Å². The lowest BCUT2D eigenvalue weighted by Gasteiger charge is -2.24. The van der Waals surface area contributed by atoms with Crippen molar-refractivity contribution in [3.05, 3.63) is 58.6 Å². The van der Waals surface area contributed by atoms with Gasteiger partial charge in [-0.2, -0.15) is 4.31 Å². The second-order valence-corrected chi connectivity index (χ2v) is 9.06. The molecule has 0 N–H and O–H groups in total. The van der Waals surface area contributed by atoms with Crippen LogP contribution in [0.2, 0.25) is 0 Å². The van der Waals surface area contributed by atoms with Gasteiger partial charge < -0.3 is 4.74 Å². The van der Waals surface area contributed by atoms with Crippen LogP contribution in [0.1, 0.15) is 25.8 Å². The van der Waals surface area contributed by atoms with Gasteiger partial charge in [-0.1, -0.05) is 38.1 Å². The smallest absolute Gasteiger partial charge is 0.244 e. The molecular weight excluding hydrogens is 402 g/mol. The number of methoxy groups -OCH3 is 1. The fraction of sp³-hybridized carbons (Fsp3) is 0.368. The summed E-state index contributed by atoms with van der Waals surface area (Å²) in [5, 5.41) is 0. The molecule has 0 saturated carbocycles. The van der Waals surface area contributed by atoms with E-state index in [-0.39, 0.29) is 0 Å². The summed E-state index contributed by atoms with van der Waals surface area (Å²) < 4.78 is 33.6. The molecular formula is C19H24BrNO3S. The number of hydrogen-bond donors (Lipinski definition) is 0. The third-order valence-electron chi connectivity index (χ3n) is 3.93. The highest BCUT2D eigenvalue weighted by Gasteiger charge is 2.26. The molecule has 0 bridgehead atoms. The molecule has 0 aliphatic rings. The summed E-state index contributed by atoms with van der Waals surface area (Å²) in [6, 6.07) is 14.4. The van der Waals surface area contributed by atoms with E-state index in [2.05, 4.69) is 29.8 Å². The normalized spacial score (nSPS) is 11.9. The van der Waals surface area contributed by atoms with Gasteiger partial charge in [0.05, 0.1) is 12.0 Å². The summed E-state index contributed by atoms with van der Waals surface area (Å²) in [6.45, 7) is 5.00. The number of sulfonamides is 1. The second-order valence-electron chi connectivity index (χ2n) is 6.30. The molecule has 136 valence electrons. The number of nitrogens with zero attached hydrogens (tertiary/aromatic N) is 1. The van der Waals surface area contributed by atoms with Gasteiger partial charge in [-0.3, -0.25) is 0 Å². The van der Waals surface area contributed by atoms with Gasteiger partial charge in [0.15, 0.2) is 0 Å². The minimum Gasteiger partial charge on any atom is -0.497 e. The topological polar surface area (TPSA) is 46.6 Å². The Hall–Kier alpha value is -1.37. The van der Waals surface area contributed by atoms with Gasteiger partial charge in [0, 0.05) is 17.6 Å². The molecule has 2 aromatic rings. The third kappa shape index (κ3) is 5.30. The van der Waals surface area contributed by atoms with Crippen LogP contribution in [0.3, 0.4) is 0 Å². The molecule has 0 aliphatic heterocycles. The van der Waals surface area contributed by atoms with Crippen molar-refractivity contribution in [1.29, 1.82) is 0 Å². The molecule has 2 aromatic carbocycles. The van der Waals surface area contributed by atoms with E-state index in [9.17, 15) is 8.42 Å². The van der Waals surface area contributed by atoms with Crippen LogP contribution in [0.25, 0.3) is 0 Å². The molecule has 0 aromatic heterocycles. The molecule has 0 spiro atoms. The maximum absolute atomic E-state index is 13.2. The van der Waals surface area contributed by atoms with Gasteiger partial charge in [-0.05, 0) is 58.1 Å². The van der Waals surface area contributed by atoms with Crippen molar-refractivity contribution in [1.82, 2.24) is 4.31 Å². The van der Waals surface area contributed by atoms with Crippen molar-refractivity contribution in [2.24, 2.45) is 5.92 Å². The van der Waals surface area contributed by atoms with Crippen molar-refractivity contribution >= 4 is 26.0 Å². The molecule has 0 atom stereocenters. The maximum atomic E-state index is 13.2. The lowest BCUT2D eigenvalue weighted by atomic mass is 10.1. The van der Waals surface area contributed by atoms with Gasteiger partial charge in [-0.25, -0.2) is 8.42 Å². The van der Waals surface area contributed by atoms with Gasteiger partial charge in [0.25, 0.3) is 0 Å². The van der Waals surface area contributed by atoms with Gasteiger partial charge in [0.2, 0.25) is 10.0 Å². The molecule has 6 heteroatoms. The van der Waals surface area contributed by atoms with Crippen LogP contribution in [-0.2, 0) is 16.6 Å². The summed E-state index contributed by atoms with van der Waals surface area (Å²) in [5.41, 5.74) is 0.931. The Kier molecular flexibility index (Phi) is 7.04. The highest BCUT2D eigenvalue weighted by atomic mass is 79.9. The summed E-state index contributed by atoms with van der Waals surface area (Å²) in [7, 11) is -1.97. The largest absolute Gasteiger partial charge is 0.497 e. The third-order valence-corrected chi connectivity index (χ3v) is 6.79. The highest BCUT2D eigenvalue weighted by molar-refractivity contribution is 9.10. The summed E-state index contributed by atoms with van der Waals surface area (Å²) in [6.07, 6.45) is 0.805. The van der Waals surface area contributed by atoms with Gasteiger partial charge in [0.1, 0.15) is 5.75 Å². The van der Waals surface area contributed by atoms with E-state index in [0.717, 1.165) is 17.7 Å². The fourth-order valence-corrected chi connectivity index (χ4v) is 4.82. The van der Waals surface area contributed by atoms with Crippen molar-refractivity contribution < 1.29 is 13.2 Å². The Bertz CT molecular complexity index is 789. The van der Waals surface area contributed by atoms with Crippen LogP contribution in [0.5, 0.6) is 5.75 Å². The van der Waals surface area contributed by atoms with Gasteiger partial charge >= 0.3 is 0 Å². The molecule has 2 rings (SSSR count). The molecule has 4 nitrogen and oxygen atoms in total. The van der Waals surface area contributed by atoms with E-state index in [1.165, 1.54) is 0 Å². The molecule has 0 radical (unpaired) electrons. The van der Waals surface area contributed by atoms with Crippen molar-refractivity contribution in [3.63, 3.8) is 0 Å². The zero-order chi connectivity index (χ0) is 18.4. The Morgan fingerprint density at radius 2 is 1.72 bits per heavy atom. The predicted octanol–water partition coefficient (Wildman–Crippen LogP) is 4.69. The van der Waals surface area contributed by atoms with E-state index >= 15 is 0 Å². The number of rotatable bonds is 8. The van der Waals surface area contributed by atoms with Crippen LogP contribution in [-0.4, -0.2) is 26.4 Å². The molecule has 25 heavy (non-hydrogen) atoms. The molecule has 0 unspecified atom stereocenters. The molecule has 0 aliphatic carbocycles. The lowest BCUT2D eigenvalue weighted by Crippen LogP contribution is -2.32. The molecule has 0 fully saturated rings. The van der Waals surface area contributed by atoms with E-state index in [1.807, 2.05) is 30.3 Å². The van der Waals surface area contributed by atoms with E-state index in [0.29, 0.717) is 28.4 Å². The SMILES string of the molecule is COc1ccc(CN(CCC(C)C)S(=O)(=O)c2ccccc2Br)cc1. The van der Waals surface area contributed by atoms with E-state index in [4.69, 9.17) is 4.74 Å². The zero-order valence-electron chi connectivity index (χ0n) is 14.8. The summed E-state index contributed by atoms with van der Waals surface area (Å²) in [4.78, 5) is 0.298. The van der Waals surface area contributed by atoms with Gasteiger partial charge in [-0.15, -0.1) is 0 Å². The first kappa shape index (κ1) is 19.9. The summed E-state index contributed by atoms with van der Waals surface area (Å²) >= 11 is 3.36. The second kappa shape index (κ2) is 8.83. The summed E-state index contributed by atoms with van der Waals surface area (Å²) in [5.74, 6) is 1.18. The first-order valence-corrected chi connectivity index (χ1v) is 10.5. The predicted molar refractivity (Wildman–Crippen MR) is 104 cm³/mol. The van der Waals surface area contributed by atoms with E-state index in [1.54, 1.807) is 29.6 Å². The average molecular weight is 426 g/mol.